The number of hydrogen-bond acceptors (Lipinski definition) is 5. The van der Waals surface area contributed by atoms with E-state index in [9.17, 15) is 14.9 Å². The number of nitro benzene ring substituents is 1. The molecule has 0 unspecified atom stereocenters. The molecule has 7 nitrogen and oxygen atoms in total. The van der Waals surface area contributed by atoms with Gasteiger partial charge in [0.1, 0.15) is 5.75 Å². The predicted octanol–water partition coefficient (Wildman–Crippen LogP) is 2.14. The highest BCUT2D eigenvalue weighted by atomic mass is 16.6. The molecule has 0 saturated carbocycles. The standard InChI is InChI=1S/C14H20N2O5/c1-9(2)8-15-14(17)10(3)21-13-6-5-11(20-4)7-12(13)16(18)19/h5-7,9-10H,8H2,1-4H3,(H,15,17)/t10-/m0/s1. The second-order valence-electron chi connectivity index (χ2n) is 4.99. The summed E-state index contributed by atoms with van der Waals surface area (Å²) >= 11 is 0. The van der Waals surface area contributed by atoms with E-state index in [2.05, 4.69) is 5.32 Å². The zero-order valence-corrected chi connectivity index (χ0v) is 12.6. The van der Waals surface area contributed by atoms with Gasteiger partial charge in [0, 0.05) is 6.54 Å². The number of benzene rings is 1. The summed E-state index contributed by atoms with van der Waals surface area (Å²) in [6, 6.07) is 4.22. The highest BCUT2D eigenvalue weighted by Crippen LogP contribution is 2.31. The lowest BCUT2D eigenvalue weighted by molar-refractivity contribution is -0.386. The van der Waals surface area contributed by atoms with Crippen molar-refractivity contribution in [2.24, 2.45) is 5.92 Å². The molecule has 1 N–H and O–H groups in total. The maximum absolute atomic E-state index is 11.8. The Hall–Kier alpha value is -2.31. The number of amides is 1. The predicted molar refractivity (Wildman–Crippen MR) is 77.6 cm³/mol. The zero-order chi connectivity index (χ0) is 16.0. The normalized spacial score (nSPS) is 11.9. The van der Waals surface area contributed by atoms with E-state index in [1.54, 1.807) is 13.0 Å². The van der Waals surface area contributed by atoms with Gasteiger partial charge in [0.15, 0.2) is 11.9 Å². The highest BCUT2D eigenvalue weighted by molar-refractivity contribution is 5.80. The quantitative estimate of drug-likeness (QED) is 0.615. The summed E-state index contributed by atoms with van der Waals surface area (Å²) in [7, 11) is 1.42. The second kappa shape index (κ2) is 7.47. The Morgan fingerprint density at radius 3 is 2.57 bits per heavy atom. The molecule has 116 valence electrons. The number of hydrogen-bond donors (Lipinski definition) is 1. The Bertz CT molecular complexity index is 516. The first-order valence-corrected chi connectivity index (χ1v) is 6.62. The second-order valence-corrected chi connectivity index (χ2v) is 4.99. The highest BCUT2D eigenvalue weighted by Gasteiger charge is 2.21. The summed E-state index contributed by atoms with van der Waals surface area (Å²) in [6.45, 7) is 6.01. The van der Waals surface area contributed by atoms with Crippen LogP contribution >= 0.6 is 0 Å². The van der Waals surface area contributed by atoms with E-state index in [0.717, 1.165) is 0 Å². The molecule has 0 spiro atoms. The smallest absolute Gasteiger partial charge is 0.314 e. The van der Waals surface area contributed by atoms with Gasteiger partial charge in [-0.05, 0) is 25.0 Å². The third-order valence-electron chi connectivity index (χ3n) is 2.72. The molecular formula is C14H20N2O5. The van der Waals surface area contributed by atoms with Gasteiger partial charge in [-0.1, -0.05) is 13.8 Å². The molecule has 0 fully saturated rings. The molecule has 0 aliphatic carbocycles. The molecular weight excluding hydrogens is 276 g/mol. The van der Waals surface area contributed by atoms with Gasteiger partial charge in [0.25, 0.3) is 5.91 Å². The van der Waals surface area contributed by atoms with Crippen LogP contribution in [0.2, 0.25) is 0 Å². The minimum Gasteiger partial charge on any atom is -0.496 e. The first-order valence-electron chi connectivity index (χ1n) is 6.62. The van der Waals surface area contributed by atoms with Crippen LogP contribution in [0.4, 0.5) is 5.69 Å². The first-order chi connectivity index (χ1) is 9.85. The summed E-state index contributed by atoms with van der Waals surface area (Å²) < 4.78 is 10.3. The van der Waals surface area contributed by atoms with E-state index < -0.39 is 11.0 Å². The van der Waals surface area contributed by atoms with Gasteiger partial charge in [-0.3, -0.25) is 14.9 Å². The van der Waals surface area contributed by atoms with Crippen LogP contribution in [0.3, 0.4) is 0 Å². The third kappa shape index (κ3) is 4.94. The molecule has 0 aliphatic heterocycles. The number of nitrogens with one attached hydrogen (secondary N) is 1. The lowest BCUT2D eigenvalue weighted by atomic mass is 10.2. The van der Waals surface area contributed by atoms with Gasteiger partial charge in [0.2, 0.25) is 0 Å². The Morgan fingerprint density at radius 2 is 2.05 bits per heavy atom. The fourth-order valence-electron chi connectivity index (χ4n) is 1.56. The topological polar surface area (TPSA) is 90.7 Å². The number of nitrogens with zero attached hydrogens (tertiary/aromatic N) is 1. The molecule has 0 bridgehead atoms. The van der Waals surface area contributed by atoms with Gasteiger partial charge in [-0.15, -0.1) is 0 Å². The fourth-order valence-corrected chi connectivity index (χ4v) is 1.56. The van der Waals surface area contributed by atoms with E-state index in [4.69, 9.17) is 9.47 Å². The Kier molecular flexibility index (Phi) is 5.95. The summed E-state index contributed by atoms with van der Waals surface area (Å²) in [5, 5.41) is 13.7. The number of rotatable bonds is 7. The van der Waals surface area contributed by atoms with Gasteiger partial charge >= 0.3 is 5.69 Å². The van der Waals surface area contributed by atoms with Gasteiger partial charge < -0.3 is 14.8 Å². The molecule has 1 atom stereocenters. The molecule has 1 aromatic carbocycles. The van der Waals surface area contributed by atoms with Crippen LogP contribution in [0, 0.1) is 16.0 Å². The molecule has 0 aliphatic rings. The average Bonchev–Trinajstić information content (AvgIpc) is 2.44. The molecule has 1 aromatic rings. The third-order valence-corrected chi connectivity index (χ3v) is 2.72. The van der Waals surface area contributed by atoms with Crippen LogP contribution in [0.5, 0.6) is 11.5 Å². The van der Waals surface area contributed by atoms with Crippen LogP contribution in [-0.2, 0) is 4.79 Å². The zero-order valence-electron chi connectivity index (χ0n) is 12.6. The van der Waals surface area contributed by atoms with E-state index in [-0.39, 0.29) is 17.3 Å². The Balaban J connectivity index is 2.82. The molecule has 0 heterocycles. The Morgan fingerprint density at radius 1 is 1.38 bits per heavy atom. The van der Waals surface area contributed by atoms with Gasteiger partial charge in [-0.2, -0.15) is 0 Å². The van der Waals surface area contributed by atoms with Crippen LogP contribution < -0.4 is 14.8 Å². The average molecular weight is 296 g/mol. The number of methoxy groups -OCH3 is 1. The Labute approximate surface area is 123 Å². The van der Waals surface area contributed by atoms with Crippen molar-refractivity contribution in [3.63, 3.8) is 0 Å². The van der Waals surface area contributed by atoms with E-state index >= 15 is 0 Å². The molecule has 7 heteroatoms. The SMILES string of the molecule is COc1ccc(O[C@@H](C)C(=O)NCC(C)C)c([N+](=O)[O-])c1. The number of carbonyl (C=O) groups excluding carboxylic acids is 1. The van der Waals surface area contributed by atoms with Crippen molar-refractivity contribution in [1.29, 1.82) is 0 Å². The molecule has 1 rings (SSSR count). The fraction of sp³-hybridized carbons (Fsp3) is 0.500. The van der Waals surface area contributed by atoms with Gasteiger partial charge in [0.05, 0.1) is 18.1 Å². The summed E-state index contributed by atoms with van der Waals surface area (Å²) in [4.78, 5) is 22.3. The van der Waals surface area contributed by atoms with Crippen molar-refractivity contribution in [3.05, 3.63) is 28.3 Å². The van der Waals surface area contributed by atoms with Crippen LogP contribution in [-0.4, -0.2) is 30.6 Å². The summed E-state index contributed by atoms with van der Waals surface area (Å²) in [5.41, 5.74) is -0.238. The molecule has 0 saturated heterocycles. The number of carbonyl (C=O) groups is 1. The van der Waals surface area contributed by atoms with Crippen molar-refractivity contribution in [2.45, 2.75) is 26.9 Å². The van der Waals surface area contributed by atoms with E-state index in [1.807, 2.05) is 13.8 Å². The van der Waals surface area contributed by atoms with Crippen LogP contribution in [0.25, 0.3) is 0 Å². The van der Waals surface area contributed by atoms with Gasteiger partial charge in [-0.25, -0.2) is 0 Å². The summed E-state index contributed by atoms with van der Waals surface area (Å²) in [6.07, 6.45) is -0.823. The number of ether oxygens (including phenoxy) is 2. The summed E-state index contributed by atoms with van der Waals surface area (Å²) in [5.74, 6) is 0.393. The molecule has 0 aromatic heterocycles. The molecule has 0 radical (unpaired) electrons. The minimum atomic E-state index is -0.823. The van der Waals surface area contributed by atoms with Crippen LogP contribution in [0.15, 0.2) is 18.2 Å². The maximum atomic E-state index is 11.8. The lowest BCUT2D eigenvalue weighted by Gasteiger charge is -2.16. The van der Waals surface area contributed by atoms with Crippen LogP contribution in [0.1, 0.15) is 20.8 Å². The van der Waals surface area contributed by atoms with E-state index in [1.165, 1.54) is 19.2 Å². The van der Waals surface area contributed by atoms with E-state index in [0.29, 0.717) is 18.2 Å². The minimum absolute atomic E-state index is 0.0352. The van der Waals surface area contributed by atoms with Crippen molar-refractivity contribution in [1.82, 2.24) is 5.32 Å². The van der Waals surface area contributed by atoms with Crippen molar-refractivity contribution < 1.29 is 19.2 Å². The lowest BCUT2D eigenvalue weighted by Crippen LogP contribution is -2.38. The largest absolute Gasteiger partial charge is 0.496 e. The monoisotopic (exact) mass is 296 g/mol. The maximum Gasteiger partial charge on any atom is 0.314 e. The van der Waals surface area contributed by atoms with Crippen molar-refractivity contribution >= 4 is 11.6 Å². The molecule has 21 heavy (non-hydrogen) atoms. The van der Waals surface area contributed by atoms with Crippen molar-refractivity contribution in [2.75, 3.05) is 13.7 Å². The first kappa shape index (κ1) is 16.7. The number of nitro groups is 1. The van der Waals surface area contributed by atoms with Crippen molar-refractivity contribution in [3.8, 4) is 11.5 Å². The molecule has 1 amide bonds.